The molecule has 1 N–H and O–H groups in total. The average molecular weight is 405 g/mol. The zero-order valence-electron chi connectivity index (χ0n) is 16.1. The van der Waals surface area contributed by atoms with E-state index in [1.54, 1.807) is 28.6 Å². The van der Waals surface area contributed by atoms with E-state index in [0.29, 0.717) is 11.3 Å². The Morgan fingerprint density at radius 2 is 1.75 bits per heavy atom. The summed E-state index contributed by atoms with van der Waals surface area (Å²) in [6.45, 7) is 3.88. The number of carbonyl (C=O) groups excluding carboxylic acids is 1. The van der Waals surface area contributed by atoms with Crippen LogP contribution in [0.1, 0.15) is 38.7 Å². The highest BCUT2D eigenvalue weighted by atomic mass is 32.2. The van der Waals surface area contributed by atoms with Gasteiger partial charge in [-0.25, -0.2) is 12.8 Å². The molecule has 0 radical (unpaired) electrons. The van der Waals surface area contributed by atoms with Crippen LogP contribution in [0.5, 0.6) is 0 Å². The number of amides is 1. The fourth-order valence-electron chi connectivity index (χ4n) is 3.74. The predicted molar refractivity (Wildman–Crippen MR) is 107 cm³/mol. The fourth-order valence-corrected chi connectivity index (χ4v) is 5.62. The molecule has 3 rings (SSSR count). The normalized spacial score (nSPS) is 20.7. The van der Waals surface area contributed by atoms with Crippen LogP contribution in [0.3, 0.4) is 0 Å². The van der Waals surface area contributed by atoms with E-state index in [-0.39, 0.29) is 35.1 Å². The van der Waals surface area contributed by atoms with E-state index in [2.05, 4.69) is 5.32 Å². The fraction of sp³-hybridized carbons (Fsp3) is 0.381. The monoisotopic (exact) mass is 404 g/mol. The summed E-state index contributed by atoms with van der Waals surface area (Å²) in [6, 6.07) is 12.0. The lowest BCUT2D eigenvalue weighted by atomic mass is 10.0. The minimum atomic E-state index is -3.58. The van der Waals surface area contributed by atoms with Crippen LogP contribution in [0, 0.1) is 5.82 Å². The Bertz CT molecular complexity index is 934. The Morgan fingerprint density at radius 3 is 2.36 bits per heavy atom. The lowest BCUT2D eigenvalue weighted by Gasteiger charge is -2.37. The molecule has 28 heavy (non-hydrogen) atoms. The summed E-state index contributed by atoms with van der Waals surface area (Å²) in [5.41, 5.74) is 1.07. The van der Waals surface area contributed by atoms with Crippen molar-refractivity contribution in [2.45, 2.75) is 56.5 Å². The Kier molecular flexibility index (Phi) is 6.15. The molecule has 0 aromatic heterocycles. The number of nitrogens with zero attached hydrogens (tertiary/aromatic N) is 1. The zero-order chi connectivity index (χ0) is 20.3. The van der Waals surface area contributed by atoms with Gasteiger partial charge < -0.3 is 5.32 Å². The third-order valence-corrected chi connectivity index (χ3v) is 7.22. The molecule has 0 aliphatic carbocycles. The van der Waals surface area contributed by atoms with Gasteiger partial charge in [0.1, 0.15) is 5.82 Å². The van der Waals surface area contributed by atoms with Crippen molar-refractivity contribution in [2.24, 2.45) is 0 Å². The number of anilines is 1. The molecule has 1 aliphatic rings. The van der Waals surface area contributed by atoms with E-state index in [1.165, 1.54) is 24.3 Å². The summed E-state index contributed by atoms with van der Waals surface area (Å²) in [5.74, 6) is -0.680. The summed E-state index contributed by atoms with van der Waals surface area (Å²) in [6.07, 6.45) is 2.79. The van der Waals surface area contributed by atoms with E-state index >= 15 is 0 Å². The summed E-state index contributed by atoms with van der Waals surface area (Å²) in [4.78, 5) is 12.4. The second-order valence-corrected chi connectivity index (χ2v) is 9.19. The third-order valence-electron chi connectivity index (χ3n) is 5.08. The Balaban J connectivity index is 1.69. The molecular formula is C21H25FN2O3S. The van der Waals surface area contributed by atoms with Gasteiger partial charge in [-0.15, -0.1) is 0 Å². The van der Waals surface area contributed by atoms with Crippen LogP contribution in [0.4, 0.5) is 10.1 Å². The van der Waals surface area contributed by atoms with Gasteiger partial charge >= 0.3 is 0 Å². The molecule has 1 amide bonds. The standard InChI is InChI=1S/C21H25FN2O3S/c1-15-5-3-6-16(2)24(15)28(26,27)20-11-9-19(10-12-20)23-21(25)14-17-7-4-8-18(22)13-17/h4,7-13,15-16H,3,5-6,14H2,1-2H3,(H,23,25)/t15-,16+. The van der Waals surface area contributed by atoms with E-state index in [9.17, 15) is 17.6 Å². The summed E-state index contributed by atoms with van der Waals surface area (Å²) >= 11 is 0. The SMILES string of the molecule is C[C@@H]1CCC[C@H](C)N1S(=O)(=O)c1ccc(NC(=O)Cc2cccc(F)c2)cc1. The molecule has 7 heteroatoms. The van der Waals surface area contributed by atoms with Gasteiger partial charge in [0, 0.05) is 17.8 Å². The number of sulfonamides is 1. The topological polar surface area (TPSA) is 66.5 Å². The maximum Gasteiger partial charge on any atom is 0.243 e. The van der Waals surface area contributed by atoms with Crippen LogP contribution in [0.15, 0.2) is 53.4 Å². The van der Waals surface area contributed by atoms with Crippen molar-refractivity contribution in [1.82, 2.24) is 4.31 Å². The van der Waals surface area contributed by atoms with Crippen LogP contribution >= 0.6 is 0 Å². The largest absolute Gasteiger partial charge is 0.326 e. The van der Waals surface area contributed by atoms with E-state index < -0.39 is 10.0 Å². The minimum absolute atomic E-state index is 0.0283. The van der Waals surface area contributed by atoms with Crippen molar-refractivity contribution in [3.05, 3.63) is 59.9 Å². The number of nitrogens with one attached hydrogen (secondary N) is 1. The zero-order valence-corrected chi connectivity index (χ0v) is 16.9. The van der Waals surface area contributed by atoms with Crippen molar-refractivity contribution in [3.63, 3.8) is 0 Å². The first-order chi connectivity index (χ1) is 13.3. The molecule has 0 unspecified atom stereocenters. The molecule has 2 atom stereocenters. The van der Waals surface area contributed by atoms with E-state index in [1.807, 2.05) is 13.8 Å². The van der Waals surface area contributed by atoms with Crippen LogP contribution in [-0.2, 0) is 21.2 Å². The number of hydrogen-bond acceptors (Lipinski definition) is 3. The van der Waals surface area contributed by atoms with Crippen LogP contribution in [0.25, 0.3) is 0 Å². The van der Waals surface area contributed by atoms with Crippen molar-refractivity contribution in [3.8, 4) is 0 Å². The maximum absolute atomic E-state index is 13.2. The molecule has 0 spiro atoms. The predicted octanol–water partition coefficient (Wildman–Crippen LogP) is 3.96. The molecule has 1 saturated heterocycles. The summed E-state index contributed by atoms with van der Waals surface area (Å²) < 4.78 is 40.8. The number of carbonyl (C=O) groups is 1. The molecule has 0 bridgehead atoms. The molecule has 1 heterocycles. The third kappa shape index (κ3) is 4.59. The number of hydrogen-bond donors (Lipinski definition) is 1. The van der Waals surface area contributed by atoms with E-state index in [0.717, 1.165) is 19.3 Å². The number of rotatable bonds is 5. The van der Waals surface area contributed by atoms with Gasteiger partial charge in [-0.2, -0.15) is 4.31 Å². The lowest BCUT2D eigenvalue weighted by molar-refractivity contribution is -0.115. The van der Waals surface area contributed by atoms with Crippen molar-refractivity contribution < 1.29 is 17.6 Å². The first-order valence-electron chi connectivity index (χ1n) is 9.45. The highest BCUT2D eigenvalue weighted by molar-refractivity contribution is 7.89. The second kappa shape index (κ2) is 8.41. The van der Waals surface area contributed by atoms with Crippen molar-refractivity contribution in [1.29, 1.82) is 0 Å². The van der Waals surface area contributed by atoms with Crippen LogP contribution in [0.2, 0.25) is 0 Å². The van der Waals surface area contributed by atoms with Crippen LogP contribution < -0.4 is 5.32 Å². The van der Waals surface area contributed by atoms with E-state index in [4.69, 9.17) is 0 Å². The molecular weight excluding hydrogens is 379 g/mol. The van der Waals surface area contributed by atoms with Crippen LogP contribution in [-0.4, -0.2) is 30.7 Å². The van der Waals surface area contributed by atoms with Gasteiger partial charge in [-0.1, -0.05) is 18.6 Å². The number of piperidine rings is 1. The van der Waals surface area contributed by atoms with Crippen molar-refractivity contribution in [2.75, 3.05) is 5.32 Å². The smallest absolute Gasteiger partial charge is 0.243 e. The second-order valence-electron chi connectivity index (χ2n) is 7.34. The molecule has 1 aliphatic heterocycles. The van der Waals surface area contributed by atoms with Gasteiger partial charge in [0.2, 0.25) is 15.9 Å². The van der Waals surface area contributed by atoms with Gasteiger partial charge in [-0.3, -0.25) is 4.79 Å². The maximum atomic E-state index is 13.2. The molecule has 150 valence electrons. The number of halogens is 1. The Labute approximate surface area is 165 Å². The average Bonchev–Trinajstić information content (AvgIpc) is 2.61. The highest BCUT2D eigenvalue weighted by Gasteiger charge is 2.35. The first kappa shape index (κ1) is 20.5. The Hall–Kier alpha value is -2.25. The molecule has 0 saturated carbocycles. The first-order valence-corrected chi connectivity index (χ1v) is 10.9. The summed E-state index contributed by atoms with van der Waals surface area (Å²) in [7, 11) is -3.58. The molecule has 2 aromatic rings. The Morgan fingerprint density at radius 1 is 1.11 bits per heavy atom. The van der Waals surface area contributed by atoms with Gasteiger partial charge in [0.05, 0.1) is 11.3 Å². The van der Waals surface area contributed by atoms with Gasteiger partial charge in [0.25, 0.3) is 0 Å². The lowest BCUT2D eigenvalue weighted by Crippen LogP contribution is -2.47. The molecule has 5 nitrogen and oxygen atoms in total. The van der Waals surface area contributed by atoms with Gasteiger partial charge in [0.15, 0.2) is 0 Å². The van der Waals surface area contributed by atoms with Gasteiger partial charge in [-0.05, 0) is 68.7 Å². The highest BCUT2D eigenvalue weighted by Crippen LogP contribution is 2.29. The number of benzene rings is 2. The molecule has 2 aromatic carbocycles. The quantitative estimate of drug-likeness (QED) is 0.820. The molecule has 1 fully saturated rings. The minimum Gasteiger partial charge on any atom is -0.326 e. The van der Waals surface area contributed by atoms with Crippen molar-refractivity contribution >= 4 is 21.6 Å². The summed E-state index contributed by atoms with van der Waals surface area (Å²) in [5, 5.41) is 2.72.